The molecule has 2 rings (SSSR count). The second kappa shape index (κ2) is 6.90. The smallest absolute Gasteiger partial charge is 0.0460 e. The van der Waals surface area contributed by atoms with Crippen molar-refractivity contribution in [3.8, 4) is 0 Å². The van der Waals surface area contributed by atoms with Crippen LogP contribution in [0.5, 0.6) is 0 Å². The van der Waals surface area contributed by atoms with Gasteiger partial charge in [0.05, 0.1) is 0 Å². The molecule has 1 aromatic carbocycles. The van der Waals surface area contributed by atoms with Crippen molar-refractivity contribution in [2.75, 3.05) is 0 Å². The number of benzene rings is 1. The van der Waals surface area contributed by atoms with Crippen molar-refractivity contribution in [2.24, 2.45) is 5.41 Å². The summed E-state index contributed by atoms with van der Waals surface area (Å²) < 4.78 is 0. The van der Waals surface area contributed by atoms with E-state index in [4.69, 9.17) is 0 Å². The highest BCUT2D eigenvalue weighted by Crippen LogP contribution is 2.31. The highest BCUT2D eigenvalue weighted by Gasteiger charge is 2.17. The highest BCUT2D eigenvalue weighted by molar-refractivity contribution is 6.55. The summed E-state index contributed by atoms with van der Waals surface area (Å²) in [7, 11) is -0.251. The van der Waals surface area contributed by atoms with Gasteiger partial charge in [-0.25, -0.2) is 0 Å². The van der Waals surface area contributed by atoms with Gasteiger partial charge >= 0.3 is 0 Å². The Morgan fingerprint density at radius 2 is 1.81 bits per heavy atom. The van der Waals surface area contributed by atoms with Crippen molar-refractivity contribution in [3.63, 3.8) is 0 Å². The van der Waals surface area contributed by atoms with Gasteiger partial charge in [0.15, 0.2) is 0 Å². The van der Waals surface area contributed by atoms with Gasteiger partial charge in [-0.1, -0.05) is 74.7 Å². The Morgan fingerprint density at radius 1 is 1.14 bits per heavy atom. The molecule has 0 unspecified atom stereocenters. The van der Waals surface area contributed by atoms with E-state index in [1.165, 1.54) is 22.7 Å². The summed E-state index contributed by atoms with van der Waals surface area (Å²) in [6.07, 6.45) is 14.3. The van der Waals surface area contributed by atoms with Gasteiger partial charge in [0, 0.05) is 14.2 Å². The Bertz CT molecular complexity index is 572. The second-order valence-electron chi connectivity index (χ2n) is 6.39. The van der Waals surface area contributed by atoms with Crippen molar-refractivity contribution < 1.29 is 0 Å². The summed E-state index contributed by atoms with van der Waals surface area (Å²) in [5, 5.41) is 0. The molecular formula is C20H25Si. The van der Waals surface area contributed by atoms with E-state index in [1.54, 1.807) is 0 Å². The molecule has 0 heterocycles. The maximum Gasteiger partial charge on any atom is 0.0460 e. The first kappa shape index (κ1) is 15.8. The Hall–Kier alpha value is -1.60. The Kier molecular flexibility index (Phi) is 5.19. The SMILES string of the molecule is C=CCC1(C)C=CC(=Cc2ccccc2C[Si](C)C)C=C1. The molecule has 0 spiro atoms. The molecule has 0 N–H and O–H groups in total. The molecule has 21 heavy (non-hydrogen) atoms. The lowest BCUT2D eigenvalue weighted by Gasteiger charge is -2.23. The molecule has 0 nitrogen and oxygen atoms in total. The summed E-state index contributed by atoms with van der Waals surface area (Å²) in [4.78, 5) is 0. The van der Waals surface area contributed by atoms with Gasteiger partial charge in [-0.2, -0.15) is 0 Å². The zero-order chi connectivity index (χ0) is 15.3. The van der Waals surface area contributed by atoms with Crippen LogP contribution in [-0.4, -0.2) is 8.80 Å². The van der Waals surface area contributed by atoms with Crippen molar-refractivity contribution in [1.82, 2.24) is 0 Å². The Balaban J connectivity index is 2.23. The van der Waals surface area contributed by atoms with E-state index >= 15 is 0 Å². The van der Waals surface area contributed by atoms with E-state index in [0.717, 1.165) is 6.42 Å². The van der Waals surface area contributed by atoms with Crippen LogP contribution in [0, 0.1) is 5.41 Å². The first-order valence-corrected chi connectivity index (χ1v) is 10.3. The van der Waals surface area contributed by atoms with E-state index < -0.39 is 0 Å². The summed E-state index contributed by atoms with van der Waals surface area (Å²) in [6.45, 7) is 10.8. The largest absolute Gasteiger partial charge is 0.103 e. The van der Waals surface area contributed by atoms with E-state index in [0.29, 0.717) is 0 Å². The van der Waals surface area contributed by atoms with Crippen LogP contribution in [0.4, 0.5) is 0 Å². The molecular weight excluding hydrogens is 268 g/mol. The number of hydrogen-bond acceptors (Lipinski definition) is 0. The lowest BCUT2D eigenvalue weighted by atomic mass is 9.82. The molecule has 109 valence electrons. The van der Waals surface area contributed by atoms with Crippen LogP contribution in [0.1, 0.15) is 24.5 Å². The third-order valence-electron chi connectivity index (χ3n) is 3.82. The van der Waals surface area contributed by atoms with Gasteiger partial charge in [-0.3, -0.25) is 0 Å². The minimum absolute atomic E-state index is 0.127. The summed E-state index contributed by atoms with van der Waals surface area (Å²) in [5.41, 5.74) is 4.25. The van der Waals surface area contributed by atoms with Crippen LogP contribution in [0.25, 0.3) is 6.08 Å². The van der Waals surface area contributed by atoms with Crippen molar-refractivity contribution in [2.45, 2.75) is 32.5 Å². The fourth-order valence-corrected chi connectivity index (χ4v) is 3.71. The first-order valence-electron chi connectivity index (χ1n) is 7.60. The van der Waals surface area contributed by atoms with Crippen LogP contribution < -0.4 is 0 Å². The topological polar surface area (TPSA) is 0 Å². The molecule has 1 aromatic rings. The molecule has 1 aliphatic carbocycles. The van der Waals surface area contributed by atoms with Crippen molar-refractivity contribution in [3.05, 3.63) is 77.9 Å². The number of allylic oxidation sites excluding steroid dienone is 6. The highest BCUT2D eigenvalue weighted by atomic mass is 28.3. The molecule has 0 fully saturated rings. The Morgan fingerprint density at radius 3 is 2.43 bits per heavy atom. The minimum Gasteiger partial charge on any atom is -0.103 e. The first-order chi connectivity index (χ1) is 10.0. The zero-order valence-corrected chi connectivity index (χ0v) is 14.4. The van der Waals surface area contributed by atoms with Crippen molar-refractivity contribution >= 4 is 14.9 Å². The van der Waals surface area contributed by atoms with Gasteiger partial charge in [0.25, 0.3) is 0 Å². The molecule has 0 saturated carbocycles. The van der Waals surface area contributed by atoms with Crippen LogP contribution >= 0.6 is 0 Å². The standard InChI is InChI=1S/C20H25Si/c1-5-12-20(2)13-10-17(11-14-20)15-18-8-6-7-9-19(18)16-21(3)4/h5-11,13-15H,1,12,16H2,2-4H3. The van der Waals surface area contributed by atoms with Crippen molar-refractivity contribution in [1.29, 1.82) is 0 Å². The summed E-state index contributed by atoms with van der Waals surface area (Å²) in [5.74, 6) is 0. The quantitative estimate of drug-likeness (QED) is 0.488. The molecule has 0 bridgehead atoms. The predicted molar refractivity (Wildman–Crippen MR) is 96.8 cm³/mol. The van der Waals surface area contributed by atoms with Crippen LogP contribution in [-0.2, 0) is 6.04 Å². The van der Waals surface area contributed by atoms with E-state index in [-0.39, 0.29) is 14.2 Å². The third kappa shape index (κ3) is 4.43. The van der Waals surface area contributed by atoms with E-state index in [9.17, 15) is 0 Å². The molecule has 1 radical (unpaired) electrons. The van der Waals surface area contributed by atoms with Gasteiger partial charge in [-0.15, -0.1) is 6.58 Å². The maximum absolute atomic E-state index is 3.85. The van der Waals surface area contributed by atoms with Crippen LogP contribution in [0.2, 0.25) is 13.1 Å². The lowest BCUT2D eigenvalue weighted by molar-refractivity contribution is 0.558. The predicted octanol–water partition coefficient (Wildman–Crippen LogP) is 5.61. The zero-order valence-electron chi connectivity index (χ0n) is 13.4. The fraction of sp³-hybridized carbons (Fsp3) is 0.300. The summed E-state index contributed by atoms with van der Waals surface area (Å²) >= 11 is 0. The molecule has 0 aromatic heterocycles. The van der Waals surface area contributed by atoms with E-state index in [2.05, 4.69) is 81.2 Å². The van der Waals surface area contributed by atoms with Crippen LogP contribution in [0.15, 0.2) is 66.8 Å². The second-order valence-corrected chi connectivity index (χ2v) is 9.16. The molecule has 1 heteroatoms. The van der Waals surface area contributed by atoms with Gasteiger partial charge in [0.2, 0.25) is 0 Å². The van der Waals surface area contributed by atoms with Crippen LogP contribution in [0.3, 0.4) is 0 Å². The number of hydrogen-bond donors (Lipinski definition) is 0. The third-order valence-corrected chi connectivity index (χ3v) is 4.91. The minimum atomic E-state index is -0.251. The van der Waals surface area contributed by atoms with Gasteiger partial charge in [0.1, 0.15) is 0 Å². The fourth-order valence-electron chi connectivity index (χ4n) is 2.62. The molecule has 0 atom stereocenters. The molecule has 0 aliphatic heterocycles. The van der Waals surface area contributed by atoms with Gasteiger partial charge < -0.3 is 0 Å². The molecule has 1 aliphatic rings. The average Bonchev–Trinajstić information content (AvgIpc) is 2.43. The maximum atomic E-state index is 3.85. The summed E-state index contributed by atoms with van der Waals surface area (Å²) in [6, 6.07) is 10.0. The van der Waals surface area contributed by atoms with Gasteiger partial charge in [-0.05, 0) is 35.2 Å². The van der Waals surface area contributed by atoms with E-state index in [1.807, 2.05) is 6.08 Å². The number of rotatable bonds is 5. The average molecular weight is 294 g/mol. The normalized spacial score (nSPS) is 20.9. The lowest BCUT2D eigenvalue weighted by Crippen LogP contribution is -2.10. The Labute approximate surface area is 131 Å². The monoisotopic (exact) mass is 293 g/mol. The molecule has 0 saturated heterocycles. The molecule has 0 amide bonds.